The number of nitrogens with zero attached hydrogens (tertiary/aromatic N) is 3. The number of hydrogen-bond acceptors (Lipinski definition) is 4. The first-order chi connectivity index (χ1) is 10.0. The molecule has 21 heavy (non-hydrogen) atoms. The minimum absolute atomic E-state index is 0.137. The van der Waals surface area contributed by atoms with Gasteiger partial charge in [-0.15, -0.1) is 0 Å². The topological polar surface area (TPSA) is 109 Å². The minimum atomic E-state index is -1.03. The van der Waals surface area contributed by atoms with E-state index in [9.17, 15) is 9.59 Å². The van der Waals surface area contributed by atoms with Crippen LogP contribution in [0.4, 0.5) is 4.79 Å². The number of amides is 2. The van der Waals surface area contributed by atoms with Gasteiger partial charge in [0, 0.05) is 31.5 Å². The lowest BCUT2D eigenvalue weighted by molar-refractivity contribution is 0.0696. The second-order valence-corrected chi connectivity index (χ2v) is 4.40. The molecule has 110 valence electrons. The maximum absolute atomic E-state index is 11.6. The smallest absolute Gasteiger partial charge is 0.335 e. The molecule has 3 N–H and O–H groups in total. The van der Waals surface area contributed by atoms with Gasteiger partial charge in [0.2, 0.25) is 0 Å². The molecule has 8 nitrogen and oxygen atoms in total. The SMILES string of the molecule is Cn1cc(CNC(=O)NCc2cc(C(=O)O)ccn2)cn1. The number of aryl methyl sites for hydroxylation is 1. The number of rotatable bonds is 5. The Morgan fingerprint density at radius 3 is 2.76 bits per heavy atom. The van der Waals surface area contributed by atoms with E-state index >= 15 is 0 Å². The van der Waals surface area contributed by atoms with Crippen LogP contribution >= 0.6 is 0 Å². The summed E-state index contributed by atoms with van der Waals surface area (Å²) < 4.78 is 1.65. The summed E-state index contributed by atoms with van der Waals surface area (Å²) in [5.41, 5.74) is 1.50. The quantitative estimate of drug-likeness (QED) is 0.743. The van der Waals surface area contributed by atoms with Gasteiger partial charge in [-0.2, -0.15) is 5.10 Å². The van der Waals surface area contributed by atoms with Crippen LogP contribution in [0, 0.1) is 0 Å². The number of hydrogen-bond donors (Lipinski definition) is 3. The van der Waals surface area contributed by atoms with E-state index in [4.69, 9.17) is 5.11 Å². The van der Waals surface area contributed by atoms with Crippen molar-refractivity contribution in [3.63, 3.8) is 0 Å². The maximum atomic E-state index is 11.6. The first kappa shape index (κ1) is 14.5. The second kappa shape index (κ2) is 6.51. The fourth-order valence-electron chi connectivity index (χ4n) is 1.69. The van der Waals surface area contributed by atoms with Crippen LogP contribution in [-0.2, 0) is 20.1 Å². The van der Waals surface area contributed by atoms with Crippen molar-refractivity contribution in [3.8, 4) is 0 Å². The number of nitrogens with one attached hydrogen (secondary N) is 2. The molecule has 2 heterocycles. The summed E-state index contributed by atoms with van der Waals surface area (Å²) in [6.45, 7) is 0.516. The third-order valence-electron chi connectivity index (χ3n) is 2.71. The molecule has 0 aromatic carbocycles. The van der Waals surface area contributed by atoms with Crippen LogP contribution in [0.2, 0.25) is 0 Å². The van der Waals surface area contributed by atoms with Crippen LogP contribution in [0.5, 0.6) is 0 Å². The third-order valence-corrected chi connectivity index (χ3v) is 2.71. The van der Waals surface area contributed by atoms with E-state index in [2.05, 4.69) is 20.7 Å². The largest absolute Gasteiger partial charge is 0.478 e. The lowest BCUT2D eigenvalue weighted by Gasteiger charge is -2.06. The Bertz CT molecular complexity index is 653. The third kappa shape index (κ3) is 4.30. The zero-order valence-electron chi connectivity index (χ0n) is 11.4. The fraction of sp³-hybridized carbons (Fsp3) is 0.231. The van der Waals surface area contributed by atoms with Crippen LogP contribution in [0.25, 0.3) is 0 Å². The average Bonchev–Trinajstić information content (AvgIpc) is 2.89. The van der Waals surface area contributed by atoms with Gasteiger partial charge in [0.25, 0.3) is 0 Å². The molecule has 0 spiro atoms. The van der Waals surface area contributed by atoms with E-state index in [0.29, 0.717) is 12.2 Å². The van der Waals surface area contributed by atoms with Gasteiger partial charge >= 0.3 is 12.0 Å². The summed E-state index contributed by atoms with van der Waals surface area (Å²) in [7, 11) is 1.80. The Kier molecular flexibility index (Phi) is 4.50. The van der Waals surface area contributed by atoms with Gasteiger partial charge in [-0.3, -0.25) is 9.67 Å². The van der Waals surface area contributed by atoms with Gasteiger partial charge in [0.1, 0.15) is 0 Å². The normalized spacial score (nSPS) is 10.1. The van der Waals surface area contributed by atoms with Crippen LogP contribution in [0.15, 0.2) is 30.7 Å². The Balaban J connectivity index is 1.81. The van der Waals surface area contributed by atoms with E-state index in [1.807, 2.05) is 0 Å². The summed E-state index contributed by atoms with van der Waals surface area (Å²) in [5, 5.41) is 18.1. The Hall–Kier alpha value is -2.90. The first-order valence-electron chi connectivity index (χ1n) is 6.22. The van der Waals surface area contributed by atoms with Crippen LogP contribution in [-0.4, -0.2) is 31.9 Å². The highest BCUT2D eigenvalue weighted by molar-refractivity contribution is 5.87. The zero-order valence-corrected chi connectivity index (χ0v) is 11.4. The van der Waals surface area contributed by atoms with Gasteiger partial charge in [0.15, 0.2) is 0 Å². The minimum Gasteiger partial charge on any atom is -0.478 e. The molecule has 0 fully saturated rings. The average molecular weight is 289 g/mol. The number of carboxylic acid groups (broad SMARTS) is 1. The molecule has 8 heteroatoms. The van der Waals surface area contributed by atoms with Crippen molar-refractivity contribution in [2.24, 2.45) is 7.05 Å². The van der Waals surface area contributed by atoms with Crippen LogP contribution in [0.3, 0.4) is 0 Å². The molecule has 0 radical (unpaired) electrons. The summed E-state index contributed by atoms with van der Waals surface area (Å²) >= 11 is 0. The number of carbonyl (C=O) groups is 2. The molecule has 0 atom stereocenters. The lowest BCUT2D eigenvalue weighted by atomic mass is 10.2. The number of carboxylic acids is 1. The number of urea groups is 1. The van der Waals surface area contributed by atoms with Crippen molar-refractivity contribution in [2.75, 3.05) is 0 Å². The number of carbonyl (C=O) groups excluding carboxylic acids is 1. The van der Waals surface area contributed by atoms with E-state index in [1.165, 1.54) is 18.3 Å². The molecule has 0 bridgehead atoms. The number of aromatic carboxylic acids is 1. The van der Waals surface area contributed by atoms with Crippen molar-refractivity contribution in [1.29, 1.82) is 0 Å². The number of aromatic nitrogens is 3. The highest BCUT2D eigenvalue weighted by Gasteiger charge is 2.06. The summed E-state index contributed by atoms with van der Waals surface area (Å²) in [4.78, 5) is 26.4. The molecule has 0 aliphatic heterocycles. The predicted molar refractivity (Wildman–Crippen MR) is 73.5 cm³/mol. The first-order valence-corrected chi connectivity index (χ1v) is 6.22. The van der Waals surface area contributed by atoms with Crippen LogP contribution in [0.1, 0.15) is 21.6 Å². The molecular weight excluding hydrogens is 274 g/mol. The maximum Gasteiger partial charge on any atom is 0.335 e. The number of pyridine rings is 1. The van der Waals surface area contributed by atoms with Gasteiger partial charge in [-0.1, -0.05) is 0 Å². The molecule has 0 unspecified atom stereocenters. The Morgan fingerprint density at radius 1 is 1.33 bits per heavy atom. The molecule has 0 saturated heterocycles. The standard InChI is InChI=1S/C13H15N5O3/c1-18-8-9(6-17-18)5-15-13(21)16-7-11-4-10(12(19)20)2-3-14-11/h2-4,6,8H,5,7H2,1H3,(H,19,20)(H2,15,16,21). The monoisotopic (exact) mass is 289 g/mol. The van der Waals surface area contributed by atoms with Crippen molar-refractivity contribution in [2.45, 2.75) is 13.1 Å². The predicted octanol–water partition coefficient (Wildman–Crippen LogP) is 0.513. The highest BCUT2D eigenvalue weighted by Crippen LogP contribution is 2.01. The Labute approximate surface area is 120 Å². The summed E-state index contributed by atoms with van der Waals surface area (Å²) in [6.07, 6.45) is 4.87. The lowest BCUT2D eigenvalue weighted by Crippen LogP contribution is -2.34. The van der Waals surface area contributed by atoms with Crippen molar-refractivity contribution in [1.82, 2.24) is 25.4 Å². The van der Waals surface area contributed by atoms with Gasteiger partial charge in [-0.05, 0) is 12.1 Å². The van der Waals surface area contributed by atoms with Crippen molar-refractivity contribution < 1.29 is 14.7 Å². The zero-order chi connectivity index (χ0) is 15.2. The van der Waals surface area contributed by atoms with Gasteiger partial charge in [-0.25, -0.2) is 9.59 Å². The molecular formula is C13H15N5O3. The van der Waals surface area contributed by atoms with Crippen molar-refractivity contribution >= 4 is 12.0 Å². The van der Waals surface area contributed by atoms with E-state index < -0.39 is 5.97 Å². The van der Waals surface area contributed by atoms with Crippen LogP contribution < -0.4 is 10.6 Å². The van der Waals surface area contributed by atoms with E-state index in [0.717, 1.165) is 5.56 Å². The second-order valence-electron chi connectivity index (χ2n) is 4.40. The van der Waals surface area contributed by atoms with Crippen molar-refractivity contribution in [3.05, 3.63) is 47.5 Å². The Morgan fingerprint density at radius 2 is 2.10 bits per heavy atom. The van der Waals surface area contributed by atoms with Gasteiger partial charge in [0.05, 0.1) is 24.0 Å². The molecule has 0 aliphatic carbocycles. The summed E-state index contributed by atoms with van der Waals surface area (Å²) in [5.74, 6) is -1.03. The van der Waals surface area contributed by atoms with Gasteiger partial charge < -0.3 is 15.7 Å². The molecule has 2 aromatic rings. The molecule has 2 amide bonds. The van der Waals surface area contributed by atoms with E-state index in [1.54, 1.807) is 24.1 Å². The fourth-order valence-corrected chi connectivity index (χ4v) is 1.69. The summed E-state index contributed by atoms with van der Waals surface area (Å²) in [6, 6.07) is 2.46. The molecule has 0 saturated carbocycles. The molecule has 2 aromatic heterocycles. The highest BCUT2D eigenvalue weighted by atomic mass is 16.4. The molecule has 2 rings (SSSR count). The van der Waals surface area contributed by atoms with E-state index in [-0.39, 0.29) is 18.1 Å². The molecule has 0 aliphatic rings.